The summed E-state index contributed by atoms with van der Waals surface area (Å²) in [4.78, 5) is 0. The highest BCUT2D eigenvalue weighted by Gasteiger charge is 2.43. The van der Waals surface area contributed by atoms with Crippen molar-refractivity contribution >= 4 is 15.9 Å². The third-order valence-electron chi connectivity index (χ3n) is 2.90. The smallest absolute Gasteiger partial charge is 0.362 e. The van der Waals surface area contributed by atoms with Gasteiger partial charge in [0.05, 0.1) is 5.60 Å². The Hall–Kier alpha value is 0.230. The maximum Gasteiger partial charge on any atom is 0.414 e. The maximum atomic E-state index is 12.4. The van der Waals surface area contributed by atoms with Crippen LogP contribution in [0.15, 0.2) is 0 Å². The molecule has 0 aromatic carbocycles. The second kappa shape index (κ2) is 5.04. The van der Waals surface area contributed by atoms with Crippen LogP contribution in [0.3, 0.4) is 0 Å². The van der Waals surface area contributed by atoms with Gasteiger partial charge < -0.3 is 4.74 Å². The summed E-state index contributed by atoms with van der Waals surface area (Å²) in [6, 6.07) is 0. The second-order valence-electron chi connectivity index (χ2n) is 4.18. The maximum absolute atomic E-state index is 12.4. The quantitative estimate of drug-likeness (QED) is 0.712. The molecule has 0 N–H and O–H groups in total. The zero-order valence-corrected chi connectivity index (χ0v) is 10.3. The van der Waals surface area contributed by atoms with E-state index in [1.807, 2.05) is 0 Å². The van der Waals surface area contributed by atoms with Gasteiger partial charge in [-0.25, -0.2) is 0 Å². The van der Waals surface area contributed by atoms with Crippen molar-refractivity contribution in [3.63, 3.8) is 0 Å². The van der Waals surface area contributed by atoms with Gasteiger partial charge in [0.1, 0.15) is 0 Å². The lowest BCUT2D eigenvalue weighted by Gasteiger charge is -2.38. The molecule has 0 bridgehead atoms. The predicted octanol–water partition coefficient (Wildman–Crippen LogP) is 4.05. The summed E-state index contributed by atoms with van der Waals surface area (Å²) in [5.74, 6) is 0. The molecule has 1 aliphatic carbocycles. The van der Waals surface area contributed by atoms with E-state index >= 15 is 0 Å². The molecule has 0 radical (unpaired) electrons. The first-order valence-corrected chi connectivity index (χ1v) is 6.32. The summed E-state index contributed by atoms with van der Waals surface area (Å²) < 4.78 is 42.3. The first-order chi connectivity index (χ1) is 6.90. The summed E-state index contributed by atoms with van der Waals surface area (Å²) in [5.41, 5.74) is -0.604. The van der Waals surface area contributed by atoms with E-state index in [0.717, 1.165) is 39.0 Å². The zero-order valence-electron chi connectivity index (χ0n) is 8.74. The molecule has 0 spiro atoms. The Bertz CT molecular complexity index is 199. The lowest BCUT2D eigenvalue weighted by Crippen LogP contribution is -2.44. The van der Waals surface area contributed by atoms with E-state index in [4.69, 9.17) is 4.74 Å². The van der Waals surface area contributed by atoms with E-state index in [9.17, 15) is 13.2 Å². The summed E-state index contributed by atoms with van der Waals surface area (Å²) >= 11 is 3.27. The van der Waals surface area contributed by atoms with Crippen molar-refractivity contribution in [3.05, 3.63) is 0 Å². The van der Waals surface area contributed by atoms with Crippen molar-refractivity contribution in [3.8, 4) is 0 Å². The predicted molar refractivity (Wildman–Crippen MR) is 56.2 cm³/mol. The van der Waals surface area contributed by atoms with Crippen molar-refractivity contribution in [2.24, 2.45) is 0 Å². The van der Waals surface area contributed by atoms with Crippen molar-refractivity contribution < 1.29 is 17.9 Å². The SMILES string of the molecule is CC(OC1(CBr)CCCCC1)C(F)(F)F. The Morgan fingerprint density at radius 2 is 1.80 bits per heavy atom. The fraction of sp³-hybridized carbons (Fsp3) is 1.00. The summed E-state index contributed by atoms with van der Waals surface area (Å²) in [6.07, 6.45) is -1.48. The van der Waals surface area contributed by atoms with Crippen LogP contribution in [-0.4, -0.2) is 23.2 Å². The molecular formula is C10H16BrF3O. The van der Waals surface area contributed by atoms with Crippen molar-refractivity contribution in [2.45, 2.75) is 56.9 Å². The fourth-order valence-electron chi connectivity index (χ4n) is 1.92. The third kappa shape index (κ3) is 3.63. The van der Waals surface area contributed by atoms with Crippen LogP contribution in [0.1, 0.15) is 39.0 Å². The molecular weight excluding hydrogens is 273 g/mol. The molecule has 0 heterocycles. The molecule has 1 saturated carbocycles. The number of rotatable bonds is 3. The van der Waals surface area contributed by atoms with E-state index in [1.54, 1.807) is 0 Å². The van der Waals surface area contributed by atoms with Gasteiger partial charge in [0.25, 0.3) is 0 Å². The zero-order chi connectivity index (χ0) is 11.5. The van der Waals surface area contributed by atoms with Gasteiger partial charge in [0.2, 0.25) is 0 Å². The molecule has 1 unspecified atom stereocenters. The molecule has 5 heteroatoms. The molecule has 90 valence electrons. The van der Waals surface area contributed by atoms with Crippen LogP contribution in [0.25, 0.3) is 0 Å². The number of halogens is 4. The van der Waals surface area contributed by atoms with E-state index in [-0.39, 0.29) is 0 Å². The molecule has 1 atom stereocenters. The van der Waals surface area contributed by atoms with Gasteiger partial charge >= 0.3 is 6.18 Å². The van der Waals surface area contributed by atoms with Crippen LogP contribution in [0, 0.1) is 0 Å². The molecule has 0 aromatic heterocycles. The monoisotopic (exact) mass is 288 g/mol. The van der Waals surface area contributed by atoms with E-state index in [2.05, 4.69) is 15.9 Å². The van der Waals surface area contributed by atoms with Crippen LogP contribution in [0.4, 0.5) is 13.2 Å². The minimum absolute atomic E-state index is 0.487. The normalized spacial score (nSPS) is 23.8. The van der Waals surface area contributed by atoms with Gasteiger partial charge in [-0.1, -0.05) is 35.2 Å². The van der Waals surface area contributed by atoms with Gasteiger partial charge in [-0.05, 0) is 19.8 Å². The Balaban J connectivity index is 2.59. The van der Waals surface area contributed by atoms with Crippen LogP contribution in [0.5, 0.6) is 0 Å². The average molecular weight is 289 g/mol. The summed E-state index contributed by atoms with van der Waals surface area (Å²) in [5, 5.41) is 0.487. The molecule has 0 aromatic rings. The fourth-order valence-corrected chi connectivity index (χ4v) is 2.61. The molecule has 1 nitrogen and oxygen atoms in total. The van der Waals surface area contributed by atoms with Gasteiger partial charge in [-0.2, -0.15) is 13.2 Å². The molecule has 0 amide bonds. The number of hydrogen-bond donors (Lipinski definition) is 0. The van der Waals surface area contributed by atoms with Gasteiger partial charge in [-0.15, -0.1) is 0 Å². The molecule has 0 aliphatic heterocycles. The van der Waals surface area contributed by atoms with Crippen molar-refractivity contribution in [1.82, 2.24) is 0 Å². The van der Waals surface area contributed by atoms with Crippen LogP contribution in [-0.2, 0) is 4.74 Å². The lowest BCUT2D eigenvalue weighted by atomic mass is 9.86. The highest BCUT2D eigenvalue weighted by molar-refractivity contribution is 9.09. The summed E-state index contributed by atoms with van der Waals surface area (Å²) in [6.45, 7) is 1.08. The van der Waals surface area contributed by atoms with Crippen LogP contribution in [0.2, 0.25) is 0 Å². The van der Waals surface area contributed by atoms with E-state index < -0.39 is 17.9 Å². The highest BCUT2D eigenvalue weighted by Crippen LogP contribution is 2.37. The Kier molecular flexibility index (Phi) is 4.47. The van der Waals surface area contributed by atoms with E-state index in [0.29, 0.717) is 5.33 Å². The molecule has 0 saturated heterocycles. The highest BCUT2D eigenvalue weighted by atomic mass is 79.9. The molecule has 1 rings (SSSR count). The molecule has 1 aliphatic rings. The van der Waals surface area contributed by atoms with Crippen molar-refractivity contribution in [1.29, 1.82) is 0 Å². The van der Waals surface area contributed by atoms with Gasteiger partial charge in [0.15, 0.2) is 6.10 Å². The van der Waals surface area contributed by atoms with Crippen molar-refractivity contribution in [2.75, 3.05) is 5.33 Å². The Morgan fingerprint density at radius 3 is 2.20 bits per heavy atom. The van der Waals surface area contributed by atoms with E-state index in [1.165, 1.54) is 0 Å². The number of ether oxygens (including phenoxy) is 1. The minimum Gasteiger partial charge on any atom is -0.362 e. The van der Waals surface area contributed by atoms with Crippen LogP contribution < -0.4 is 0 Å². The van der Waals surface area contributed by atoms with Gasteiger partial charge in [-0.3, -0.25) is 0 Å². The first kappa shape index (κ1) is 13.3. The van der Waals surface area contributed by atoms with Crippen LogP contribution >= 0.6 is 15.9 Å². The molecule has 1 fully saturated rings. The third-order valence-corrected chi connectivity index (χ3v) is 3.92. The average Bonchev–Trinajstić information content (AvgIpc) is 2.18. The number of alkyl halides is 4. The second-order valence-corrected chi connectivity index (χ2v) is 4.74. The lowest BCUT2D eigenvalue weighted by molar-refractivity contribution is -0.247. The topological polar surface area (TPSA) is 9.23 Å². The Labute approximate surface area is 96.5 Å². The van der Waals surface area contributed by atoms with Gasteiger partial charge in [0, 0.05) is 5.33 Å². The standard InChI is InChI=1S/C10H16BrF3O/c1-8(10(12,13)14)15-9(7-11)5-3-2-4-6-9/h8H,2-7H2,1H3. The molecule has 15 heavy (non-hydrogen) atoms. The Morgan fingerprint density at radius 1 is 1.27 bits per heavy atom. The largest absolute Gasteiger partial charge is 0.414 e. The summed E-state index contributed by atoms with van der Waals surface area (Å²) in [7, 11) is 0. The first-order valence-electron chi connectivity index (χ1n) is 5.20. The minimum atomic E-state index is -4.26. The number of hydrogen-bond acceptors (Lipinski definition) is 1.